The van der Waals surface area contributed by atoms with E-state index >= 15 is 0 Å². The van der Waals surface area contributed by atoms with E-state index < -0.39 is 0 Å². The number of likely N-dealkylation sites (tertiary alicyclic amines) is 1. The average Bonchev–Trinajstić information content (AvgIpc) is 3.17. The molecule has 0 amide bonds. The summed E-state index contributed by atoms with van der Waals surface area (Å²) in [5, 5.41) is 0. The van der Waals surface area contributed by atoms with Crippen LogP contribution in [0.1, 0.15) is 25.0 Å². The van der Waals surface area contributed by atoms with Crippen molar-refractivity contribution >= 4 is 0 Å². The van der Waals surface area contributed by atoms with Crippen molar-refractivity contribution in [3.05, 3.63) is 24.0 Å². The Morgan fingerprint density at radius 2 is 2.31 bits per heavy atom. The molecule has 0 aromatic carbocycles. The van der Waals surface area contributed by atoms with Crippen LogP contribution >= 0.6 is 0 Å². The first kappa shape index (κ1) is 9.25. The van der Waals surface area contributed by atoms with Crippen LogP contribution in [-0.4, -0.2) is 34.7 Å². The lowest BCUT2D eigenvalue weighted by atomic mass is 9.93. The lowest BCUT2D eigenvalue weighted by Gasteiger charge is -2.28. The molecule has 2 atom stereocenters. The standard InChI is InChI=1S/C13H18N2O/c1-14-7-2-3-11(14)13-6-8-15(10-4-5-10)9-12(13)16-13/h2-3,7,10,12H,4-6,8-9H2,1H3/t12-,13+/m0/s1. The van der Waals surface area contributed by atoms with Gasteiger partial charge in [0.2, 0.25) is 0 Å². The zero-order valence-corrected chi connectivity index (χ0v) is 9.72. The van der Waals surface area contributed by atoms with E-state index in [0.717, 1.165) is 12.6 Å². The molecule has 1 aliphatic carbocycles. The van der Waals surface area contributed by atoms with Crippen LogP contribution in [0.2, 0.25) is 0 Å². The molecule has 4 rings (SSSR count). The summed E-state index contributed by atoms with van der Waals surface area (Å²) in [7, 11) is 2.12. The van der Waals surface area contributed by atoms with Gasteiger partial charge in [-0.3, -0.25) is 4.90 Å². The third-order valence-electron chi connectivity index (χ3n) is 4.43. The van der Waals surface area contributed by atoms with Crippen LogP contribution in [0, 0.1) is 0 Å². The molecule has 3 heteroatoms. The van der Waals surface area contributed by atoms with Gasteiger partial charge in [0, 0.05) is 32.4 Å². The molecular formula is C13H18N2O. The van der Waals surface area contributed by atoms with Gasteiger partial charge in [-0.25, -0.2) is 0 Å². The van der Waals surface area contributed by atoms with E-state index in [1.54, 1.807) is 0 Å². The zero-order valence-electron chi connectivity index (χ0n) is 9.72. The smallest absolute Gasteiger partial charge is 0.137 e. The molecule has 0 unspecified atom stereocenters. The van der Waals surface area contributed by atoms with Crippen LogP contribution in [0.4, 0.5) is 0 Å². The molecule has 86 valence electrons. The molecular weight excluding hydrogens is 200 g/mol. The highest BCUT2D eigenvalue weighted by Crippen LogP contribution is 2.53. The molecule has 1 aromatic rings. The van der Waals surface area contributed by atoms with E-state index in [9.17, 15) is 0 Å². The number of hydrogen-bond acceptors (Lipinski definition) is 2. The average molecular weight is 218 g/mol. The molecule has 0 N–H and O–H groups in total. The summed E-state index contributed by atoms with van der Waals surface area (Å²) in [6.45, 7) is 2.36. The maximum Gasteiger partial charge on any atom is 0.137 e. The highest BCUT2D eigenvalue weighted by Gasteiger charge is 2.62. The fourth-order valence-electron chi connectivity index (χ4n) is 3.26. The van der Waals surface area contributed by atoms with Crippen LogP contribution in [0.3, 0.4) is 0 Å². The van der Waals surface area contributed by atoms with E-state index in [-0.39, 0.29) is 5.60 Å². The topological polar surface area (TPSA) is 20.7 Å². The minimum atomic E-state index is 0.0731. The summed E-state index contributed by atoms with van der Waals surface area (Å²) in [6, 6.07) is 5.22. The van der Waals surface area contributed by atoms with Gasteiger partial charge >= 0.3 is 0 Å². The second-order valence-corrected chi connectivity index (χ2v) is 5.48. The number of hydrogen-bond donors (Lipinski definition) is 0. The van der Waals surface area contributed by atoms with Crippen LogP contribution in [-0.2, 0) is 17.4 Å². The Bertz CT molecular complexity index is 423. The fourth-order valence-corrected chi connectivity index (χ4v) is 3.26. The lowest BCUT2D eigenvalue weighted by molar-refractivity contribution is 0.213. The number of piperidine rings is 1. The minimum Gasteiger partial charge on any atom is -0.358 e. The third kappa shape index (κ3) is 1.16. The van der Waals surface area contributed by atoms with Gasteiger partial charge in [-0.2, -0.15) is 0 Å². The quantitative estimate of drug-likeness (QED) is 0.701. The van der Waals surface area contributed by atoms with Crippen LogP contribution < -0.4 is 0 Å². The molecule has 3 heterocycles. The third-order valence-corrected chi connectivity index (χ3v) is 4.43. The van der Waals surface area contributed by atoms with E-state index in [4.69, 9.17) is 4.74 Å². The molecule has 1 aromatic heterocycles. The van der Waals surface area contributed by atoms with Gasteiger partial charge in [0.15, 0.2) is 0 Å². The molecule has 1 saturated carbocycles. The van der Waals surface area contributed by atoms with Gasteiger partial charge in [-0.05, 0) is 31.4 Å². The molecule has 3 fully saturated rings. The Balaban J connectivity index is 1.57. The number of rotatable bonds is 2. The number of epoxide rings is 1. The van der Waals surface area contributed by atoms with Gasteiger partial charge in [0.1, 0.15) is 11.7 Å². The van der Waals surface area contributed by atoms with Gasteiger partial charge in [0.05, 0.1) is 5.69 Å². The first-order valence-corrected chi connectivity index (χ1v) is 6.33. The van der Waals surface area contributed by atoms with Gasteiger partial charge < -0.3 is 9.30 Å². The van der Waals surface area contributed by atoms with Crippen molar-refractivity contribution in [2.75, 3.05) is 13.1 Å². The molecule has 0 radical (unpaired) electrons. The van der Waals surface area contributed by atoms with E-state index in [1.807, 2.05) is 0 Å². The number of fused-ring (bicyclic) bond motifs is 1. The lowest BCUT2D eigenvalue weighted by Crippen LogP contribution is -2.40. The number of aryl methyl sites for hydroxylation is 1. The fraction of sp³-hybridized carbons (Fsp3) is 0.692. The van der Waals surface area contributed by atoms with Gasteiger partial charge in [0.25, 0.3) is 0 Å². The summed E-state index contributed by atoms with van der Waals surface area (Å²) >= 11 is 0. The van der Waals surface area contributed by atoms with Crippen molar-refractivity contribution in [3.8, 4) is 0 Å². The maximum absolute atomic E-state index is 6.04. The van der Waals surface area contributed by atoms with E-state index in [2.05, 4.69) is 34.8 Å². The molecule has 2 saturated heterocycles. The molecule has 3 aliphatic rings. The van der Waals surface area contributed by atoms with Crippen molar-refractivity contribution in [2.45, 2.75) is 37.0 Å². The van der Waals surface area contributed by atoms with Crippen LogP contribution in [0.5, 0.6) is 0 Å². The summed E-state index contributed by atoms with van der Waals surface area (Å²) in [4.78, 5) is 2.62. The normalized spacial score (nSPS) is 38.4. The zero-order chi connectivity index (χ0) is 10.8. The van der Waals surface area contributed by atoms with Crippen molar-refractivity contribution in [1.29, 1.82) is 0 Å². The van der Waals surface area contributed by atoms with E-state index in [1.165, 1.54) is 31.5 Å². The summed E-state index contributed by atoms with van der Waals surface area (Å²) in [5.74, 6) is 0. The molecule has 0 bridgehead atoms. The first-order valence-electron chi connectivity index (χ1n) is 6.33. The highest BCUT2D eigenvalue weighted by molar-refractivity contribution is 5.26. The predicted molar refractivity (Wildman–Crippen MR) is 61.2 cm³/mol. The van der Waals surface area contributed by atoms with Gasteiger partial charge in [-0.15, -0.1) is 0 Å². The Kier molecular flexibility index (Phi) is 1.68. The molecule has 3 nitrogen and oxygen atoms in total. The maximum atomic E-state index is 6.04. The molecule has 0 spiro atoms. The second-order valence-electron chi connectivity index (χ2n) is 5.48. The summed E-state index contributed by atoms with van der Waals surface area (Å²) in [6.07, 6.45) is 6.56. The second kappa shape index (κ2) is 2.90. The molecule has 16 heavy (non-hydrogen) atoms. The Labute approximate surface area is 96.0 Å². The number of aromatic nitrogens is 1. The summed E-state index contributed by atoms with van der Waals surface area (Å²) < 4.78 is 8.25. The summed E-state index contributed by atoms with van der Waals surface area (Å²) in [5.41, 5.74) is 1.44. The SMILES string of the molecule is Cn1cccc1[C@]12CCN(C3CC3)C[C@@H]1O2. The van der Waals surface area contributed by atoms with Crippen molar-refractivity contribution in [1.82, 2.24) is 9.47 Å². The minimum absolute atomic E-state index is 0.0731. The van der Waals surface area contributed by atoms with Crippen molar-refractivity contribution < 1.29 is 4.74 Å². The predicted octanol–water partition coefficient (Wildman–Crippen LogP) is 1.49. The van der Waals surface area contributed by atoms with Crippen molar-refractivity contribution in [2.24, 2.45) is 7.05 Å². The monoisotopic (exact) mass is 218 g/mol. The van der Waals surface area contributed by atoms with Gasteiger partial charge in [-0.1, -0.05) is 0 Å². The number of nitrogens with zero attached hydrogens (tertiary/aromatic N) is 2. The van der Waals surface area contributed by atoms with Crippen LogP contribution in [0.15, 0.2) is 18.3 Å². The Morgan fingerprint density at radius 3 is 2.94 bits per heavy atom. The largest absolute Gasteiger partial charge is 0.358 e. The van der Waals surface area contributed by atoms with Crippen molar-refractivity contribution in [3.63, 3.8) is 0 Å². The Hall–Kier alpha value is -0.800. The molecule has 2 aliphatic heterocycles. The first-order chi connectivity index (χ1) is 7.79. The van der Waals surface area contributed by atoms with Crippen LogP contribution in [0.25, 0.3) is 0 Å². The Morgan fingerprint density at radius 1 is 1.44 bits per heavy atom. The highest BCUT2D eigenvalue weighted by atomic mass is 16.6. The number of ether oxygens (including phenoxy) is 1. The van der Waals surface area contributed by atoms with E-state index in [0.29, 0.717) is 6.10 Å².